The molecule has 0 heterocycles. The minimum Gasteiger partial charge on any atom is -0.107 e. The lowest BCUT2D eigenvalue weighted by atomic mass is 9.86. The van der Waals surface area contributed by atoms with E-state index in [4.69, 9.17) is 0 Å². The van der Waals surface area contributed by atoms with E-state index in [0.717, 1.165) is 30.6 Å². The molecule has 1 aromatic carbocycles. The fourth-order valence-corrected chi connectivity index (χ4v) is 6.06. The number of aryl methyl sites for hydroxylation is 1. The molecule has 3 rings (SSSR count). The van der Waals surface area contributed by atoms with Gasteiger partial charge in [-0.15, -0.1) is 11.8 Å². The fraction of sp³-hybridized carbons (Fsp3) is 0.625. The molecule has 4 atom stereocenters. The summed E-state index contributed by atoms with van der Waals surface area (Å²) in [6.07, 6.45) is 21.6. The van der Waals surface area contributed by atoms with E-state index in [0.29, 0.717) is 5.92 Å². The van der Waals surface area contributed by atoms with Crippen LogP contribution in [0, 0.1) is 29.6 Å². The molecule has 1 fully saturated rings. The zero-order valence-electron chi connectivity index (χ0n) is 21.1. The van der Waals surface area contributed by atoms with Crippen molar-refractivity contribution < 1.29 is 0 Å². The zero-order chi connectivity index (χ0) is 22.8. The van der Waals surface area contributed by atoms with E-state index in [1.54, 1.807) is 16.7 Å². The quantitative estimate of drug-likeness (QED) is 0.166. The molecule has 0 nitrogen and oxygen atoms in total. The number of fused-ring (bicyclic) bond motifs is 3. The lowest BCUT2D eigenvalue weighted by Crippen LogP contribution is -2.06. The third-order valence-electron chi connectivity index (χ3n) is 7.88. The molecule has 1 aromatic rings. The molecule has 2 aliphatic carbocycles. The highest BCUT2D eigenvalue weighted by molar-refractivity contribution is 5.44. The average molecular weight is 431 g/mol. The van der Waals surface area contributed by atoms with Crippen LogP contribution in [-0.2, 0) is 12.8 Å². The van der Waals surface area contributed by atoms with E-state index < -0.39 is 0 Å². The second-order valence-electron chi connectivity index (χ2n) is 10.5. The second-order valence-corrected chi connectivity index (χ2v) is 10.5. The van der Waals surface area contributed by atoms with E-state index in [2.05, 4.69) is 62.6 Å². The van der Waals surface area contributed by atoms with Crippen LogP contribution in [0.15, 0.2) is 42.5 Å². The van der Waals surface area contributed by atoms with Crippen LogP contribution < -0.4 is 0 Å². The molecule has 0 aromatic heterocycles. The molecular formula is C32H46. The summed E-state index contributed by atoms with van der Waals surface area (Å²) in [7, 11) is 0. The van der Waals surface area contributed by atoms with Gasteiger partial charge < -0.3 is 0 Å². The lowest BCUT2D eigenvalue weighted by molar-refractivity contribution is 0.491. The highest BCUT2D eigenvalue weighted by Crippen LogP contribution is 2.53. The topological polar surface area (TPSA) is 0 Å². The largest absolute Gasteiger partial charge is 0.107 e. The smallest absolute Gasteiger partial charge is 0.0117 e. The van der Waals surface area contributed by atoms with E-state index in [1.165, 1.54) is 76.2 Å². The first kappa shape index (κ1) is 24.9. The first-order valence-corrected chi connectivity index (χ1v) is 13.5. The Morgan fingerprint density at radius 2 is 2.00 bits per heavy atom. The van der Waals surface area contributed by atoms with Crippen molar-refractivity contribution in [3.63, 3.8) is 0 Å². The van der Waals surface area contributed by atoms with E-state index >= 15 is 0 Å². The molecule has 1 saturated carbocycles. The molecule has 0 heteroatoms. The molecule has 0 amide bonds. The Morgan fingerprint density at radius 3 is 2.81 bits per heavy atom. The van der Waals surface area contributed by atoms with Crippen LogP contribution in [0.2, 0.25) is 0 Å². The number of hydrogen-bond acceptors (Lipinski definition) is 0. The van der Waals surface area contributed by atoms with Crippen molar-refractivity contribution in [2.75, 3.05) is 0 Å². The molecule has 0 spiro atoms. The van der Waals surface area contributed by atoms with Crippen LogP contribution in [0.25, 0.3) is 0 Å². The number of unbranched alkanes of at least 4 members (excludes halogenated alkanes) is 3. The summed E-state index contributed by atoms with van der Waals surface area (Å²) in [5.41, 5.74) is 6.49. The third kappa shape index (κ3) is 6.88. The lowest BCUT2D eigenvalue weighted by Gasteiger charge is -2.18. The van der Waals surface area contributed by atoms with Crippen molar-refractivity contribution in [1.29, 1.82) is 0 Å². The zero-order valence-corrected chi connectivity index (χ0v) is 21.1. The van der Waals surface area contributed by atoms with Gasteiger partial charge in [-0.1, -0.05) is 75.6 Å². The SMILES string of the molecule is C=C(CCCCCC)CCCc1cccc2c1CC1CCC(/C=C/CC(C)CC#CC)C21. The molecule has 0 radical (unpaired) electrons. The van der Waals surface area contributed by atoms with Crippen molar-refractivity contribution >= 4 is 0 Å². The van der Waals surface area contributed by atoms with Gasteiger partial charge in [0.25, 0.3) is 0 Å². The van der Waals surface area contributed by atoms with Crippen LogP contribution in [0.5, 0.6) is 0 Å². The molecule has 4 unspecified atom stereocenters. The van der Waals surface area contributed by atoms with Crippen LogP contribution in [0.4, 0.5) is 0 Å². The normalized spacial score (nSPS) is 22.4. The van der Waals surface area contributed by atoms with Gasteiger partial charge in [-0.2, -0.15) is 0 Å². The second kappa shape index (κ2) is 13.1. The molecule has 2 aliphatic rings. The van der Waals surface area contributed by atoms with Gasteiger partial charge in [-0.25, -0.2) is 0 Å². The van der Waals surface area contributed by atoms with Crippen molar-refractivity contribution in [3.8, 4) is 11.8 Å². The highest BCUT2D eigenvalue weighted by atomic mass is 14.5. The van der Waals surface area contributed by atoms with Crippen molar-refractivity contribution in [1.82, 2.24) is 0 Å². The van der Waals surface area contributed by atoms with Gasteiger partial charge in [0.2, 0.25) is 0 Å². The Labute approximate surface area is 199 Å². The summed E-state index contributed by atoms with van der Waals surface area (Å²) in [6, 6.07) is 7.19. The Hall–Kier alpha value is -1.74. The van der Waals surface area contributed by atoms with Crippen LogP contribution in [0.3, 0.4) is 0 Å². The molecule has 0 saturated heterocycles. The van der Waals surface area contributed by atoms with Gasteiger partial charge in [0.15, 0.2) is 0 Å². The number of hydrogen-bond donors (Lipinski definition) is 0. The molecule has 0 aliphatic heterocycles. The molecule has 0 N–H and O–H groups in total. The van der Waals surface area contributed by atoms with Gasteiger partial charge in [0.1, 0.15) is 0 Å². The number of allylic oxidation sites excluding steroid dienone is 3. The summed E-state index contributed by atoms with van der Waals surface area (Å²) in [6.45, 7) is 10.9. The maximum absolute atomic E-state index is 4.35. The van der Waals surface area contributed by atoms with E-state index in [1.807, 2.05) is 6.92 Å². The number of benzene rings is 1. The maximum Gasteiger partial charge on any atom is 0.0117 e. The molecule has 0 bridgehead atoms. The van der Waals surface area contributed by atoms with Crippen molar-refractivity contribution in [2.24, 2.45) is 17.8 Å². The summed E-state index contributed by atoms with van der Waals surface area (Å²) in [5.74, 6) is 9.31. The summed E-state index contributed by atoms with van der Waals surface area (Å²) in [5, 5.41) is 0. The van der Waals surface area contributed by atoms with Crippen LogP contribution in [-0.4, -0.2) is 0 Å². The Kier molecular flexibility index (Phi) is 10.2. The van der Waals surface area contributed by atoms with Crippen molar-refractivity contribution in [2.45, 2.75) is 110 Å². The standard InChI is InChI=1S/C32H46/c1-5-7-9-10-15-26(4)16-11-18-27-19-13-21-30-31(27)24-29-23-22-28(32(29)30)20-12-17-25(3)14-8-6-2/h12-13,19-21,25,28-29,32H,4-5,7,9-11,14-18,22-24H2,1-3H3/b20-12+. The van der Waals surface area contributed by atoms with Gasteiger partial charge in [0.05, 0.1) is 0 Å². The van der Waals surface area contributed by atoms with Gasteiger partial charge in [-0.05, 0) is 105 Å². The average Bonchev–Trinajstić information content (AvgIpc) is 3.36. The van der Waals surface area contributed by atoms with Crippen LogP contribution >= 0.6 is 0 Å². The van der Waals surface area contributed by atoms with Crippen LogP contribution in [0.1, 0.15) is 114 Å². The van der Waals surface area contributed by atoms with E-state index in [9.17, 15) is 0 Å². The summed E-state index contributed by atoms with van der Waals surface area (Å²) >= 11 is 0. The molecule has 32 heavy (non-hydrogen) atoms. The minimum atomic E-state index is 0.666. The first-order chi connectivity index (χ1) is 15.6. The fourth-order valence-electron chi connectivity index (χ4n) is 6.06. The monoisotopic (exact) mass is 430 g/mol. The first-order valence-electron chi connectivity index (χ1n) is 13.5. The highest BCUT2D eigenvalue weighted by Gasteiger charge is 2.41. The predicted octanol–water partition coefficient (Wildman–Crippen LogP) is 9.20. The van der Waals surface area contributed by atoms with E-state index in [-0.39, 0.29) is 0 Å². The predicted molar refractivity (Wildman–Crippen MR) is 141 cm³/mol. The molecule has 174 valence electrons. The molecular weight excluding hydrogens is 384 g/mol. The van der Waals surface area contributed by atoms with Gasteiger partial charge in [-0.3, -0.25) is 0 Å². The Morgan fingerprint density at radius 1 is 1.16 bits per heavy atom. The maximum atomic E-state index is 4.35. The Balaban J connectivity index is 1.53. The third-order valence-corrected chi connectivity index (χ3v) is 7.88. The minimum absolute atomic E-state index is 0.666. The number of rotatable bonds is 13. The summed E-state index contributed by atoms with van der Waals surface area (Å²) < 4.78 is 0. The Bertz CT molecular complexity index is 814. The van der Waals surface area contributed by atoms with Gasteiger partial charge >= 0.3 is 0 Å². The summed E-state index contributed by atoms with van der Waals surface area (Å²) in [4.78, 5) is 0. The van der Waals surface area contributed by atoms with Crippen molar-refractivity contribution in [3.05, 3.63) is 59.2 Å². The van der Waals surface area contributed by atoms with Gasteiger partial charge in [0, 0.05) is 6.42 Å².